The zero-order valence-electron chi connectivity index (χ0n) is 6.34. The molecule has 0 amide bonds. The van der Waals surface area contributed by atoms with E-state index in [-0.39, 0.29) is 0 Å². The highest BCUT2D eigenvalue weighted by molar-refractivity contribution is 4.95. The van der Waals surface area contributed by atoms with Crippen LogP contribution in [0.3, 0.4) is 0 Å². The monoisotopic (exact) mass is 137 g/mol. The Morgan fingerprint density at radius 2 is 1.80 bits per heavy atom. The van der Waals surface area contributed by atoms with Gasteiger partial charge in [-0.05, 0) is 44.2 Å². The predicted molar refractivity (Wildman–Crippen MR) is 42.8 cm³/mol. The molecule has 0 atom stereocenters. The average molecular weight is 137 g/mol. The minimum absolute atomic E-state index is 0.993. The van der Waals surface area contributed by atoms with Crippen LogP contribution in [0.5, 0.6) is 0 Å². The molecule has 0 aromatic rings. The van der Waals surface area contributed by atoms with Gasteiger partial charge in [-0.25, -0.2) is 0 Å². The summed E-state index contributed by atoms with van der Waals surface area (Å²) in [7, 11) is 0. The molecule has 1 N–H and O–H groups in total. The molecule has 1 saturated heterocycles. The second kappa shape index (κ2) is 2.75. The molecule has 1 aliphatic heterocycles. The number of nitrogens with one attached hydrogen (secondary N) is 1. The smallest absolute Gasteiger partial charge is 0.000815 e. The summed E-state index contributed by atoms with van der Waals surface area (Å²) >= 11 is 0. The van der Waals surface area contributed by atoms with E-state index in [1.165, 1.54) is 32.4 Å². The first-order valence-electron chi connectivity index (χ1n) is 4.31. The van der Waals surface area contributed by atoms with Crippen LogP contribution in [0.15, 0.2) is 12.2 Å². The van der Waals surface area contributed by atoms with Gasteiger partial charge in [-0.15, -0.1) is 0 Å². The molecule has 0 spiro atoms. The van der Waals surface area contributed by atoms with E-state index in [0.717, 1.165) is 11.8 Å². The van der Waals surface area contributed by atoms with E-state index in [9.17, 15) is 0 Å². The van der Waals surface area contributed by atoms with Crippen LogP contribution in [0, 0.1) is 11.8 Å². The van der Waals surface area contributed by atoms with Gasteiger partial charge in [-0.2, -0.15) is 0 Å². The minimum atomic E-state index is 0.993. The Morgan fingerprint density at radius 3 is 2.30 bits per heavy atom. The molecule has 0 unspecified atom stereocenters. The fourth-order valence-electron chi connectivity index (χ4n) is 1.85. The van der Waals surface area contributed by atoms with Gasteiger partial charge in [0.2, 0.25) is 0 Å². The fourth-order valence-corrected chi connectivity index (χ4v) is 1.85. The molecule has 56 valence electrons. The molecule has 1 heterocycles. The lowest BCUT2D eigenvalue weighted by Gasteiger charge is -2.29. The zero-order chi connectivity index (χ0) is 6.81. The van der Waals surface area contributed by atoms with Crippen molar-refractivity contribution in [3.63, 3.8) is 0 Å². The highest BCUT2D eigenvalue weighted by atomic mass is 14.9. The quantitative estimate of drug-likeness (QED) is 0.569. The van der Waals surface area contributed by atoms with Gasteiger partial charge >= 0.3 is 0 Å². The molecule has 1 aliphatic carbocycles. The largest absolute Gasteiger partial charge is 0.316 e. The molecular formula is C9H15N. The van der Waals surface area contributed by atoms with Gasteiger partial charge in [-0.1, -0.05) is 12.2 Å². The van der Waals surface area contributed by atoms with E-state index in [4.69, 9.17) is 0 Å². The molecule has 0 radical (unpaired) electrons. The summed E-state index contributed by atoms with van der Waals surface area (Å²) in [5.41, 5.74) is 0. The van der Waals surface area contributed by atoms with Crippen LogP contribution >= 0.6 is 0 Å². The Morgan fingerprint density at radius 1 is 1.10 bits per heavy atom. The van der Waals surface area contributed by atoms with Crippen molar-refractivity contribution in [3.8, 4) is 0 Å². The van der Waals surface area contributed by atoms with Crippen molar-refractivity contribution in [2.75, 3.05) is 13.1 Å². The maximum absolute atomic E-state index is 3.31. The Labute approximate surface area is 62.5 Å². The van der Waals surface area contributed by atoms with Crippen molar-refractivity contribution in [2.45, 2.75) is 19.3 Å². The van der Waals surface area contributed by atoms with E-state index >= 15 is 0 Å². The van der Waals surface area contributed by atoms with Crippen molar-refractivity contribution < 1.29 is 0 Å². The minimum Gasteiger partial charge on any atom is -0.316 e. The van der Waals surface area contributed by atoms with Gasteiger partial charge in [0.15, 0.2) is 0 Å². The fraction of sp³-hybridized carbons (Fsp3) is 0.778. The van der Waals surface area contributed by atoms with Crippen molar-refractivity contribution in [1.29, 1.82) is 0 Å². The molecule has 2 rings (SSSR count). The zero-order valence-corrected chi connectivity index (χ0v) is 6.34. The first-order chi connectivity index (χ1) is 4.95. The van der Waals surface area contributed by atoms with E-state index < -0.39 is 0 Å². The second-order valence-corrected chi connectivity index (χ2v) is 3.57. The average Bonchev–Trinajstić information content (AvgIpc) is 2.29. The van der Waals surface area contributed by atoms with Crippen molar-refractivity contribution in [3.05, 3.63) is 12.2 Å². The van der Waals surface area contributed by atoms with Gasteiger partial charge in [0.05, 0.1) is 0 Å². The van der Waals surface area contributed by atoms with Gasteiger partial charge in [0.1, 0.15) is 0 Å². The lowest BCUT2D eigenvalue weighted by Crippen LogP contribution is -2.42. The molecule has 0 bridgehead atoms. The first-order valence-corrected chi connectivity index (χ1v) is 4.31. The standard InChI is InChI=1S/C9H15N/c1-2-4-8(3-1)5-9-6-10-7-9/h1-2,8-10H,3-7H2. The molecule has 2 aliphatic rings. The molecule has 0 aromatic heterocycles. The number of rotatable bonds is 2. The number of hydrogen-bond donors (Lipinski definition) is 1. The van der Waals surface area contributed by atoms with E-state index in [1.54, 1.807) is 0 Å². The third kappa shape index (κ3) is 1.24. The second-order valence-electron chi connectivity index (χ2n) is 3.57. The topological polar surface area (TPSA) is 12.0 Å². The third-order valence-electron chi connectivity index (χ3n) is 2.64. The highest BCUT2D eigenvalue weighted by Crippen LogP contribution is 2.26. The Hall–Kier alpha value is -0.300. The van der Waals surface area contributed by atoms with Crippen molar-refractivity contribution in [1.82, 2.24) is 5.32 Å². The molecule has 0 saturated carbocycles. The van der Waals surface area contributed by atoms with E-state index in [1.807, 2.05) is 0 Å². The summed E-state index contributed by atoms with van der Waals surface area (Å²) in [4.78, 5) is 0. The molecular weight excluding hydrogens is 122 g/mol. The van der Waals surface area contributed by atoms with Crippen molar-refractivity contribution in [2.24, 2.45) is 11.8 Å². The maximum Gasteiger partial charge on any atom is -0.000815 e. The predicted octanol–water partition coefficient (Wildman–Crippen LogP) is 1.56. The molecule has 10 heavy (non-hydrogen) atoms. The molecule has 1 heteroatoms. The van der Waals surface area contributed by atoms with Crippen LogP contribution < -0.4 is 5.32 Å². The Kier molecular flexibility index (Phi) is 1.76. The summed E-state index contributed by atoms with van der Waals surface area (Å²) in [6.07, 6.45) is 8.81. The van der Waals surface area contributed by atoms with Gasteiger partial charge in [0, 0.05) is 0 Å². The SMILES string of the molecule is C1=CCC(CC2CNC2)C1. The van der Waals surface area contributed by atoms with Crippen LogP contribution in [0.4, 0.5) is 0 Å². The summed E-state index contributed by atoms with van der Waals surface area (Å²) in [6, 6.07) is 0. The molecule has 1 fully saturated rings. The Bertz CT molecular complexity index is 128. The van der Waals surface area contributed by atoms with Crippen LogP contribution in [-0.2, 0) is 0 Å². The van der Waals surface area contributed by atoms with Gasteiger partial charge < -0.3 is 5.32 Å². The van der Waals surface area contributed by atoms with Crippen molar-refractivity contribution >= 4 is 0 Å². The maximum atomic E-state index is 3.31. The van der Waals surface area contributed by atoms with Gasteiger partial charge in [0.25, 0.3) is 0 Å². The number of allylic oxidation sites excluding steroid dienone is 2. The summed E-state index contributed by atoms with van der Waals surface area (Å²) in [5, 5.41) is 3.31. The summed E-state index contributed by atoms with van der Waals surface area (Å²) < 4.78 is 0. The summed E-state index contributed by atoms with van der Waals surface area (Å²) in [5.74, 6) is 2.00. The number of hydrogen-bond acceptors (Lipinski definition) is 1. The van der Waals surface area contributed by atoms with Gasteiger partial charge in [-0.3, -0.25) is 0 Å². The summed E-state index contributed by atoms with van der Waals surface area (Å²) in [6.45, 7) is 2.55. The molecule has 1 nitrogen and oxygen atoms in total. The Balaban J connectivity index is 1.69. The van der Waals surface area contributed by atoms with Crippen LogP contribution in [0.2, 0.25) is 0 Å². The normalized spacial score (nSPS) is 27.2. The lowest BCUT2D eigenvalue weighted by molar-refractivity contribution is 0.280. The third-order valence-corrected chi connectivity index (χ3v) is 2.64. The molecule has 0 aromatic carbocycles. The van der Waals surface area contributed by atoms with E-state index in [0.29, 0.717) is 0 Å². The first kappa shape index (κ1) is 6.41. The van der Waals surface area contributed by atoms with Crippen LogP contribution in [0.1, 0.15) is 19.3 Å². The van der Waals surface area contributed by atoms with Crippen LogP contribution in [-0.4, -0.2) is 13.1 Å². The lowest BCUT2D eigenvalue weighted by atomic mass is 9.89. The van der Waals surface area contributed by atoms with Crippen LogP contribution in [0.25, 0.3) is 0 Å². The highest BCUT2D eigenvalue weighted by Gasteiger charge is 2.21. The van der Waals surface area contributed by atoms with E-state index in [2.05, 4.69) is 17.5 Å².